The lowest BCUT2D eigenvalue weighted by Gasteiger charge is -2.13. The highest BCUT2D eigenvalue weighted by atomic mass is 35.5. The first kappa shape index (κ1) is 17.8. The minimum atomic E-state index is -0.354. The van der Waals surface area contributed by atoms with E-state index in [1.54, 1.807) is 24.3 Å². The summed E-state index contributed by atoms with van der Waals surface area (Å²) in [5.74, 6) is 0.317. The Bertz CT molecular complexity index is 758. The van der Waals surface area contributed by atoms with Gasteiger partial charge in [0.25, 0.3) is 5.90 Å². The first-order valence-corrected chi connectivity index (χ1v) is 7.63. The summed E-state index contributed by atoms with van der Waals surface area (Å²) in [7, 11) is 2.77. The maximum absolute atomic E-state index is 11.6. The van der Waals surface area contributed by atoms with Crippen molar-refractivity contribution in [1.29, 1.82) is 0 Å². The predicted octanol–water partition coefficient (Wildman–Crippen LogP) is 3.75. The second kappa shape index (κ2) is 8.36. The van der Waals surface area contributed by atoms with Gasteiger partial charge in [0.05, 0.1) is 18.6 Å². The average molecular weight is 348 g/mol. The topological polar surface area (TPSA) is 57.1 Å². The lowest BCUT2D eigenvalue weighted by molar-refractivity contribution is -0.139. The normalized spacial score (nSPS) is 11.1. The number of nitrogens with zero attached hydrogens (tertiary/aromatic N) is 1. The third kappa shape index (κ3) is 4.49. The Balaban J connectivity index is 2.40. The SMILES string of the molecule is CO/N=C(/Oc1cc(C)ccc1Cl)c1ccccc1CC(=O)OC. The molecule has 0 atom stereocenters. The second-order valence-corrected chi connectivity index (χ2v) is 5.43. The molecule has 0 heterocycles. The Morgan fingerprint density at radius 3 is 2.62 bits per heavy atom. The van der Waals surface area contributed by atoms with E-state index in [9.17, 15) is 4.79 Å². The van der Waals surface area contributed by atoms with Gasteiger partial charge < -0.3 is 14.3 Å². The molecule has 5 nitrogen and oxygen atoms in total. The molecular formula is C18H18ClNO4. The largest absolute Gasteiger partial charge is 0.469 e. The third-order valence-electron chi connectivity index (χ3n) is 3.28. The lowest BCUT2D eigenvalue weighted by Crippen LogP contribution is -2.16. The van der Waals surface area contributed by atoms with Crippen molar-refractivity contribution in [3.63, 3.8) is 0 Å². The number of hydrogen-bond donors (Lipinski definition) is 0. The number of methoxy groups -OCH3 is 1. The molecule has 0 amide bonds. The number of hydrogen-bond acceptors (Lipinski definition) is 5. The van der Waals surface area contributed by atoms with Gasteiger partial charge in [0.1, 0.15) is 12.9 Å². The fraction of sp³-hybridized carbons (Fsp3) is 0.222. The molecule has 0 bridgehead atoms. The zero-order valence-electron chi connectivity index (χ0n) is 13.7. The highest BCUT2D eigenvalue weighted by Gasteiger charge is 2.16. The van der Waals surface area contributed by atoms with Gasteiger partial charge in [-0.15, -0.1) is 0 Å². The Hall–Kier alpha value is -2.53. The quantitative estimate of drug-likeness (QED) is 0.358. The van der Waals surface area contributed by atoms with E-state index in [2.05, 4.69) is 5.16 Å². The zero-order chi connectivity index (χ0) is 17.5. The van der Waals surface area contributed by atoms with Gasteiger partial charge in [0.15, 0.2) is 0 Å². The first-order valence-electron chi connectivity index (χ1n) is 7.25. The standard InChI is InChI=1S/C18H18ClNO4/c1-12-8-9-15(19)16(10-12)24-18(20-23-3)14-7-5-4-6-13(14)11-17(21)22-2/h4-10H,11H2,1-3H3/b20-18+. The van der Waals surface area contributed by atoms with Crippen LogP contribution < -0.4 is 4.74 Å². The summed E-state index contributed by atoms with van der Waals surface area (Å²) in [6.07, 6.45) is 0.0975. The van der Waals surface area contributed by atoms with Crippen LogP contribution in [-0.2, 0) is 20.8 Å². The number of halogens is 1. The Morgan fingerprint density at radius 2 is 1.92 bits per heavy atom. The van der Waals surface area contributed by atoms with Crippen LogP contribution in [0.1, 0.15) is 16.7 Å². The Labute approximate surface area is 145 Å². The molecule has 2 rings (SSSR count). The zero-order valence-corrected chi connectivity index (χ0v) is 14.5. The summed E-state index contributed by atoms with van der Waals surface area (Å²) in [5.41, 5.74) is 2.33. The highest BCUT2D eigenvalue weighted by Crippen LogP contribution is 2.27. The van der Waals surface area contributed by atoms with Gasteiger partial charge in [0.2, 0.25) is 0 Å². The number of rotatable bonds is 5. The molecule has 0 N–H and O–H groups in total. The fourth-order valence-electron chi connectivity index (χ4n) is 2.11. The highest BCUT2D eigenvalue weighted by molar-refractivity contribution is 6.32. The molecule has 0 fully saturated rings. The van der Waals surface area contributed by atoms with Crippen LogP contribution in [0.25, 0.3) is 0 Å². The summed E-state index contributed by atoms with van der Waals surface area (Å²) in [6.45, 7) is 1.93. The monoisotopic (exact) mass is 347 g/mol. The molecule has 0 aromatic heterocycles. The van der Waals surface area contributed by atoms with Crippen LogP contribution >= 0.6 is 11.6 Å². The molecular weight excluding hydrogens is 330 g/mol. The molecule has 0 spiro atoms. The average Bonchev–Trinajstić information content (AvgIpc) is 2.58. The van der Waals surface area contributed by atoms with Crippen molar-refractivity contribution in [1.82, 2.24) is 0 Å². The van der Waals surface area contributed by atoms with Crippen LogP contribution in [0.5, 0.6) is 5.75 Å². The van der Waals surface area contributed by atoms with Gasteiger partial charge >= 0.3 is 5.97 Å². The van der Waals surface area contributed by atoms with E-state index in [4.69, 9.17) is 25.9 Å². The van der Waals surface area contributed by atoms with Crippen LogP contribution in [0, 0.1) is 6.92 Å². The smallest absolute Gasteiger partial charge is 0.310 e. The molecule has 0 aliphatic heterocycles. The van der Waals surface area contributed by atoms with Crippen molar-refractivity contribution >= 4 is 23.5 Å². The summed E-state index contributed by atoms with van der Waals surface area (Å²) >= 11 is 6.18. The second-order valence-electron chi connectivity index (χ2n) is 5.03. The van der Waals surface area contributed by atoms with Crippen molar-refractivity contribution in [3.8, 4) is 5.75 Å². The Kier molecular flexibility index (Phi) is 6.21. The van der Waals surface area contributed by atoms with Crippen molar-refractivity contribution in [2.24, 2.45) is 5.16 Å². The Morgan fingerprint density at radius 1 is 1.17 bits per heavy atom. The molecule has 24 heavy (non-hydrogen) atoms. The van der Waals surface area contributed by atoms with Gasteiger partial charge in [0, 0.05) is 5.56 Å². The van der Waals surface area contributed by atoms with Crippen molar-refractivity contribution in [2.45, 2.75) is 13.3 Å². The molecule has 0 aliphatic carbocycles. The van der Waals surface area contributed by atoms with Crippen LogP contribution in [-0.4, -0.2) is 26.1 Å². The fourth-order valence-corrected chi connectivity index (χ4v) is 2.27. The summed E-state index contributed by atoms with van der Waals surface area (Å²) in [4.78, 5) is 16.5. The van der Waals surface area contributed by atoms with Gasteiger partial charge in [-0.3, -0.25) is 4.79 Å². The number of benzene rings is 2. The molecule has 0 saturated heterocycles. The third-order valence-corrected chi connectivity index (χ3v) is 3.59. The minimum Gasteiger partial charge on any atom is -0.469 e. The summed E-state index contributed by atoms with van der Waals surface area (Å²) < 4.78 is 10.6. The number of ether oxygens (including phenoxy) is 2. The molecule has 0 saturated carbocycles. The van der Waals surface area contributed by atoms with Gasteiger partial charge in [-0.2, -0.15) is 0 Å². The number of carbonyl (C=O) groups is 1. The van der Waals surface area contributed by atoms with Crippen LogP contribution in [0.3, 0.4) is 0 Å². The summed E-state index contributed by atoms with van der Waals surface area (Å²) in [5, 5.41) is 4.39. The number of esters is 1. The number of oxime groups is 1. The lowest BCUT2D eigenvalue weighted by atomic mass is 10.0. The van der Waals surface area contributed by atoms with Crippen LogP contribution in [0.2, 0.25) is 5.02 Å². The van der Waals surface area contributed by atoms with E-state index in [0.717, 1.165) is 5.56 Å². The molecule has 0 unspecified atom stereocenters. The maximum Gasteiger partial charge on any atom is 0.310 e. The van der Waals surface area contributed by atoms with Crippen molar-refractivity contribution in [3.05, 3.63) is 64.2 Å². The molecule has 6 heteroatoms. The summed E-state index contributed by atoms with van der Waals surface area (Å²) in [6, 6.07) is 12.7. The van der Waals surface area contributed by atoms with Crippen LogP contribution in [0.4, 0.5) is 0 Å². The van der Waals surface area contributed by atoms with E-state index >= 15 is 0 Å². The van der Waals surface area contributed by atoms with Gasteiger partial charge in [-0.1, -0.05) is 35.9 Å². The minimum absolute atomic E-state index is 0.0975. The van der Waals surface area contributed by atoms with Crippen molar-refractivity contribution < 1.29 is 19.1 Å². The molecule has 0 radical (unpaired) electrons. The van der Waals surface area contributed by atoms with E-state index in [1.807, 2.05) is 25.1 Å². The van der Waals surface area contributed by atoms with Crippen LogP contribution in [0.15, 0.2) is 47.6 Å². The molecule has 126 valence electrons. The predicted molar refractivity (Wildman–Crippen MR) is 92.5 cm³/mol. The van der Waals surface area contributed by atoms with Crippen molar-refractivity contribution in [2.75, 3.05) is 14.2 Å². The van der Waals surface area contributed by atoms with E-state index in [1.165, 1.54) is 14.2 Å². The molecule has 2 aromatic carbocycles. The maximum atomic E-state index is 11.6. The number of carbonyl (C=O) groups excluding carboxylic acids is 1. The molecule has 2 aromatic rings. The molecule has 0 aliphatic rings. The van der Waals surface area contributed by atoms with Gasteiger partial charge in [-0.05, 0) is 41.4 Å². The van der Waals surface area contributed by atoms with E-state index in [0.29, 0.717) is 21.9 Å². The van der Waals surface area contributed by atoms with E-state index in [-0.39, 0.29) is 18.3 Å². The van der Waals surface area contributed by atoms with E-state index < -0.39 is 0 Å². The first-order chi connectivity index (χ1) is 11.5. The van der Waals surface area contributed by atoms with Gasteiger partial charge in [-0.25, -0.2) is 0 Å². The number of aryl methyl sites for hydroxylation is 1.